The fourth-order valence-corrected chi connectivity index (χ4v) is 6.41. The Hall–Kier alpha value is -6.17. The number of rotatable bonds is 12. The highest BCUT2D eigenvalue weighted by molar-refractivity contribution is 6.33. The number of halogens is 4. The van der Waals surface area contributed by atoms with Crippen molar-refractivity contribution in [3.05, 3.63) is 77.8 Å². The quantitative estimate of drug-likeness (QED) is 0.0595. The van der Waals surface area contributed by atoms with Gasteiger partial charge in [0.05, 0.1) is 107 Å². The van der Waals surface area contributed by atoms with Crippen LogP contribution in [-0.2, 0) is 40.8 Å². The van der Waals surface area contributed by atoms with E-state index >= 15 is 0 Å². The highest BCUT2D eigenvalue weighted by Crippen LogP contribution is 2.17. The fraction of sp³-hybridized carbons (Fsp3) is 0.681. The van der Waals surface area contributed by atoms with E-state index in [1.165, 1.54) is 157 Å². The number of aryl methyl sites for hydroxylation is 6. The Kier molecular flexibility index (Phi) is 59.7. The van der Waals surface area contributed by atoms with Crippen LogP contribution in [-0.4, -0.2) is 122 Å². The summed E-state index contributed by atoms with van der Waals surface area (Å²) in [4.78, 5) is 11.2. The summed E-state index contributed by atoms with van der Waals surface area (Å²) in [6, 6.07) is 5.67. The maximum atomic E-state index is 9.67. The van der Waals surface area contributed by atoms with E-state index in [1.807, 2.05) is 31.9 Å². The second kappa shape index (κ2) is 55.4. The molecule has 2 fully saturated rings. The SMILES string of the molecule is CCCC[N+]1(C)CCCC1.CCCCn1cc[n+](C)c1.CCCCn1cc[n+](C)c1.CCC[N+]1(C)CCCC1.CCn1cc[n+](C)c1.CN=C=[N-].CN=C=[N-].FB(F)F.N#CN=C=[N-].N#CN=C=[N-].[F-]. The lowest BCUT2D eigenvalue weighted by atomic mass is 10.3. The first-order valence-corrected chi connectivity index (χ1v) is 23.4. The molecule has 70 heavy (non-hydrogen) atoms. The van der Waals surface area contributed by atoms with Gasteiger partial charge in [-0.15, -0.1) is 12.0 Å². The first-order valence-electron chi connectivity index (χ1n) is 23.4. The highest BCUT2D eigenvalue weighted by Gasteiger charge is 2.25. The molecule has 394 valence electrons. The van der Waals surface area contributed by atoms with E-state index in [4.69, 9.17) is 32.2 Å². The molecule has 3 aromatic heterocycles. The lowest BCUT2D eigenvalue weighted by molar-refractivity contribution is -0.897. The van der Waals surface area contributed by atoms with Crippen molar-refractivity contribution in [2.45, 2.75) is 125 Å². The number of aliphatic imine (C=N–C) groups is 4. The van der Waals surface area contributed by atoms with Gasteiger partial charge in [0, 0.05) is 25.7 Å². The number of nitriles is 2. The molecule has 3 aromatic rings. The molecule has 0 N–H and O–H groups in total. The summed E-state index contributed by atoms with van der Waals surface area (Å²) in [6.07, 6.45) is 36.3. The predicted molar refractivity (Wildman–Crippen MR) is 273 cm³/mol. The van der Waals surface area contributed by atoms with Crippen LogP contribution in [0.2, 0.25) is 0 Å². The van der Waals surface area contributed by atoms with Gasteiger partial charge in [-0.05, 0) is 32.6 Å². The standard InChI is InChI=1S/C9H20N.2C8H15N2.C8H18N.C6H11N2.2C2N3.2C2H3N2.BF3.FH/c1-3-4-7-10(2)8-5-6-9-10;2*1-3-4-5-10-7-6-9(2)8-10;1-3-6-9(2)7-4-5-8-9;1-3-8-5-4-7(2)6-8;2*3-1-5-2-4;2*1-4-2-3;2-1(3)4;/h3-9H2,1-2H3;2*6-8H,3-5H2,1-2H3;3-8H2,1-2H3;4-6H,3H2,1-2H3;;;2*1H3;;1H/q5*+1;4*-1;;/p-1. The molecule has 2 aliphatic heterocycles. The maximum Gasteiger partial charge on any atom is 0.762 e. The van der Waals surface area contributed by atoms with E-state index in [9.17, 15) is 12.9 Å². The van der Waals surface area contributed by atoms with Crippen molar-refractivity contribution in [3.63, 3.8) is 0 Å². The van der Waals surface area contributed by atoms with Crippen LogP contribution in [0, 0.1) is 22.9 Å². The van der Waals surface area contributed by atoms with Crippen LogP contribution in [0.25, 0.3) is 21.6 Å². The molecule has 0 atom stereocenters. The van der Waals surface area contributed by atoms with Crippen molar-refractivity contribution in [2.75, 3.05) is 67.5 Å². The molecule has 2 saturated heterocycles. The van der Waals surface area contributed by atoms with Gasteiger partial charge < -0.3 is 55.3 Å². The summed E-state index contributed by atoms with van der Waals surface area (Å²) in [7, 11) is 10.1. The van der Waals surface area contributed by atoms with Crippen LogP contribution in [0.4, 0.5) is 12.9 Å². The van der Waals surface area contributed by atoms with Gasteiger partial charge in [0.2, 0.25) is 19.0 Å². The second-order valence-electron chi connectivity index (χ2n) is 16.1. The van der Waals surface area contributed by atoms with Crippen molar-refractivity contribution in [2.24, 2.45) is 41.1 Å². The van der Waals surface area contributed by atoms with Crippen molar-refractivity contribution in [1.29, 1.82) is 10.5 Å². The summed E-state index contributed by atoms with van der Waals surface area (Å²) in [5, 5.41) is 44.6. The Morgan fingerprint density at radius 1 is 0.557 bits per heavy atom. The molecule has 0 saturated carbocycles. The van der Waals surface area contributed by atoms with Crippen LogP contribution in [0.15, 0.2) is 76.1 Å². The molecule has 0 aromatic carbocycles. The fourth-order valence-electron chi connectivity index (χ4n) is 6.41. The van der Waals surface area contributed by atoms with Crippen LogP contribution in [0.5, 0.6) is 0 Å². The van der Waals surface area contributed by atoms with E-state index < -0.39 is 7.54 Å². The highest BCUT2D eigenvalue weighted by atomic mass is 19.4. The summed E-state index contributed by atoms with van der Waals surface area (Å²) in [6.45, 7) is 23.0. The van der Waals surface area contributed by atoms with E-state index in [1.54, 1.807) is 12.0 Å². The zero-order valence-corrected chi connectivity index (χ0v) is 44.5. The Morgan fingerprint density at radius 3 is 1.04 bits per heavy atom. The van der Waals surface area contributed by atoms with Gasteiger partial charge in [-0.3, -0.25) is 12.9 Å². The first kappa shape index (κ1) is 75.3. The predicted octanol–water partition coefficient (Wildman–Crippen LogP) is 5.25. The zero-order chi connectivity index (χ0) is 53.6. The topological polar surface area (TPSA) is 213 Å². The molecule has 23 heteroatoms. The van der Waals surface area contributed by atoms with E-state index in [0.29, 0.717) is 0 Å². The van der Waals surface area contributed by atoms with Gasteiger partial charge in [-0.25, -0.2) is 27.4 Å². The summed E-state index contributed by atoms with van der Waals surface area (Å²) < 4.78 is 44.4. The van der Waals surface area contributed by atoms with Crippen molar-refractivity contribution in [1.82, 2.24) is 13.7 Å². The molecule has 5 heterocycles. The van der Waals surface area contributed by atoms with Crippen LogP contribution < -0.4 is 18.4 Å². The molecular weight excluding hydrogens is 903 g/mol. The van der Waals surface area contributed by atoms with Gasteiger partial charge in [0.15, 0.2) is 0 Å². The monoisotopic (exact) mass is 989 g/mol. The number of likely N-dealkylation sites (tertiary alicyclic amines) is 2. The number of unbranched alkanes of at least 4 members (excludes halogenated alkanes) is 3. The van der Waals surface area contributed by atoms with Crippen molar-refractivity contribution in [3.8, 4) is 12.4 Å². The normalized spacial score (nSPS) is 12.0. The number of hydrogen-bond donors (Lipinski definition) is 0. The Balaban J connectivity index is -0.000000166. The van der Waals surface area contributed by atoms with Gasteiger partial charge in [-0.1, -0.05) is 61.1 Å². The van der Waals surface area contributed by atoms with Gasteiger partial charge in [0.25, 0.3) is 0 Å². The minimum Gasteiger partial charge on any atom is -1.00 e. The van der Waals surface area contributed by atoms with Gasteiger partial charge in [0.1, 0.15) is 37.2 Å². The van der Waals surface area contributed by atoms with Crippen molar-refractivity contribution < 1.29 is 40.3 Å². The minimum atomic E-state index is -3.67. The molecule has 0 radical (unpaired) electrons. The number of quaternary nitrogens is 2. The van der Waals surface area contributed by atoms with E-state index in [0.717, 1.165) is 19.6 Å². The molecule has 0 amide bonds. The second-order valence-corrected chi connectivity index (χ2v) is 16.1. The number of aromatic nitrogens is 6. The third-order valence-electron chi connectivity index (χ3n) is 9.88. The van der Waals surface area contributed by atoms with Gasteiger partial charge >= 0.3 is 7.54 Å². The average Bonchev–Trinajstić information content (AvgIpc) is 4.21. The first-order chi connectivity index (χ1) is 32.9. The summed E-state index contributed by atoms with van der Waals surface area (Å²) in [5.41, 5.74) is 0. The van der Waals surface area contributed by atoms with E-state index in [-0.39, 0.29) is 4.70 Å². The molecular formula is C47H85BF4N18. The molecule has 0 bridgehead atoms. The largest absolute Gasteiger partial charge is 1.00 e. The van der Waals surface area contributed by atoms with E-state index in [2.05, 4.69) is 141 Å². The molecule has 0 unspecified atom stereocenters. The molecule has 5 rings (SSSR count). The lowest BCUT2D eigenvalue weighted by Gasteiger charge is -2.28. The molecule has 18 nitrogen and oxygen atoms in total. The average molecular weight is 989 g/mol. The van der Waals surface area contributed by atoms with Crippen LogP contribution in [0.3, 0.4) is 0 Å². The lowest BCUT2D eigenvalue weighted by Crippen LogP contribution is -3.00. The number of imidazole rings is 3. The third kappa shape index (κ3) is 56.2. The maximum absolute atomic E-state index is 9.67. The minimum absolute atomic E-state index is 0. The number of hydrogen-bond acceptors (Lipinski definition) is 6. The molecule has 2 aliphatic rings. The number of nitrogens with zero attached hydrogens (tertiary/aromatic N) is 18. The van der Waals surface area contributed by atoms with Crippen LogP contribution >= 0.6 is 0 Å². The third-order valence-corrected chi connectivity index (χ3v) is 9.88. The molecule has 0 aliphatic carbocycles. The molecule has 0 spiro atoms. The van der Waals surface area contributed by atoms with Crippen LogP contribution in [0.1, 0.15) is 105 Å². The Labute approximate surface area is 418 Å². The Morgan fingerprint density at radius 2 is 0.857 bits per heavy atom. The van der Waals surface area contributed by atoms with Gasteiger partial charge in [-0.2, -0.15) is 22.5 Å². The summed E-state index contributed by atoms with van der Waals surface area (Å²) >= 11 is 0. The smallest absolute Gasteiger partial charge is 0.762 e. The van der Waals surface area contributed by atoms with Crippen molar-refractivity contribution >= 4 is 31.6 Å². The zero-order valence-electron chi connectivity index (χ0n) is 44.5. The Bertz CT molecular complexity index is 1810. The summed E-state index contributed by atoms with van der Waals surface area (Å²) in [5.74, 6) is 0.